The fourth-order valence-electron chi connectivity index (χ4n) is 4.46. The molecule has 0 spiro atoms. The van der Waals surface area contributed by atoms with Gasteiger partial charge < -0.3 is 51.3 Å². The smallest absolute Gasteiger partial charge is 0.412 e. The van der Waals surface area contributed by atoms with Gasteiger partial charge >= 0.3 is 89.5 Å². The van der Waals surface area contributed by atoms with Crippen molar-refractivity contribution in [2.75, 3.05) is 0 Å². The maximum atomic E-state index is 8.49. The van der Waals surface area contributed by atoms with Gasteiger partial charge in [0.05, 0.1) is 22.8 Å². The van der Waals surface area contributed by atoms with Crippen molar-refractivity contribution >= 4 is 23.1 Å². The summed E-state index contributed by atoms with van der Waals surface area (Å²) in [6.07, 6.45) is 6.03. The second kappa shape index (κ2) is 35.7. The number of hydrogen-bond acceptors (Lipinski definition) is 24. The predicted octanol–water partition coefficient (Wildman–Crippen LogP) is -21.5. The van der Waals surface area contributed by atoms with E-state index in [-0.39, 0.29) is 100 Å². The van der Waals surface area contributed by atoms with E-state index in [2.05, 4.69) is 60.3 Å². The standard InChI is InChI=1S/4C7H8N4.4Ag.4ClHO4.2H2O/c4*1-5-3-6(2)11-7(10-5)8-4-9-11;;;;;4*2-1(3,4)5;;/h4*3-4H,1-2H3;;;;;4*(H,2,3,4,5);2*1H2/q;;;;4*+1;;;;;;/p-4. The number of rotatable bonds is 0. The van der Waals surface area contributed by atoms with E-state index in [1.165, 1.54) is 25.3 Å². The molecule has 70 heavy (non-hydrogen) atoms. The number of fused-ring (bicyclic) bond motifs is 4. The molecule has 0 saturated heterocycles. The summed E-state index contributed by atoms with van der Waals surface area (Å²) < 4.78 is 143. The Balaban J connectivity index is -0.000000170. The van der Waals surface area contributed by atoms with Crippen molar-refractivity contribution in [1.82, 2.24) is 60.3 Å². The van der Waals surface area contributed by atoms with Crippen molar-refractivity contribution in [2.45, 2.75) is 55.4 Å². The molecule has 8 heterocycles. The molecule has 0 radical (unpaired) electrons. The van der Waals surface area contributed by atoms with E-state index in [0.717, 1.165) is 45.6 Å². The van der Waals surface area contributed by atoms with Gasteiger partial charge in [-0.1, -0.05) is 25.3 Å². The monoisotopic (exact) mass is 1450 g/mol. The topological polar surface area (TPSA) is 608 Å². The molecular weight excluding hydrogens is 1420 g/mol. The minimum atomic E-state index is -4.94. The summed E-state index contributed by atoms with van der Waals surface area (Å²) in [7, 11) is -19.8. The Bertz CT molecular complexity index is 2280. The molecule has 8 aromatic rings. The van der Waals surface area contributed by atoms with Crippen molar-refractivity contribution < 1.29 is 234 Å². The summed E-state index contributed by atoms with van der Waals surface area (Å²) in [5, 5.41) is 16.0. The van der Waals surface area contributed by atoms with Gasteiger partial charge in [-0.25, -0.2) is 92.6 Å². The summed E-state index contributed by atoms with van der Waals surface area (Å²) in [6.45, 7) is 15.7. The Morgan fingerprint density at radius 3 is 0.571 bits per heavy atom. The minimum absolute atomic E-state index is 0. The molecule has 0 unspecified atom stereocenters. The molecule has 8 rings (SSSR count). The Labute approximate surface area is 464 Å². The van der Waals surface area contributed by atoms with Gasteiger partial charge in [0.15, 0.2) is 0 Å². The second-order valence-electron chi connectivity index (χ2n) is 11.6. The van der Waals surface area contributed by atoms with E-state index < -0.39 is 41.0 Å². The maximum Gasteiger partial charge on any atom is 1.00 e. The number of halogens is 4. The summed E-state index contributed by atoms with van der Waals surface area (Å²) in [6, 6.07) is 7.90. The second-order valence-corrected chi connectivity index (χ2v) is 14.6. The van der Waals surface area contributed by atoms with Gasteiger partial charge in [0.1, 0.15) is 22.8 Å². The van der Waals surface area contributed by atoms with Crippen LogP contribution in [0.5, 0.6) is 0 Å². The summed E-state index contributed by atoms with van der Waals surface area (Å²) in [5.41, 5.74) is 8.14. The van der Waals surface area contributed by atoms with Gasteiger partial charge in [-0.3, -0.25) is 0 Å². The normalized spacial score (nSPS) is 10.2. The minimum Gasteiger partial charge on any atom is -0.412 e. The Morgan fingerprint density at radius 1 is 0.314 bits per heavy atom. The zero-order valence-corrected chi connectivity index (χ0v) is 45.0. The van der Waals surface area contributed by atoms with Crippen LogP contribution in [-0.4, -0.2) is 50.8 Å². The van der Waals surface area contributed by atoms with E-state index >= 15 is 0 Å². The molecule has 0 bridgehead atoms. The van der Waals surface area contributed by atoms with Crippen LogP contribution in [0.15, 0.2) is 49.6 Å². The first-order valence-corrected chi connectivity index (χ1v) is 21.1. The van der Waals surface area contributed by atoms with Crippen molar-refractivity contribution in [3.63, 3.8) is 0 Å². The van der Waals surface area contributed by atoms with Gasteiger partial charge in [-0.05, 0) is 55.4 Å². The van der Waals surface area contributed by atoms with Gasteiger partial charge in [-0.2, -0.15) is 0 Å². The summed E-state index contributed by atoms with van der Waals surface area (Å²) >= 11 is 0. The first-order chi connectivity index (χ1) is 29.1. The van der Waals surface area contributed by atoms with E-state index in [4.69, 9.17) is 74.5 Å². The molecular formula is C28H36Ag4Cl4N16O18. The quantitative estimate of drug-likeness (QED) is 0.100. The molecule has 42 heteroatoms. The Kier molecular flexibility index (Phi) is 40.3. The van der Waals surface area contributed by atoms with Crippen LogP contribution in [-0.2, 0) is 89.5 Å². The largest absolute Gasteiger partial charge is 1.00 e. The van der Waals surface area contributed by atoms with Crippen molar-refractivity contribution in [1.29, 1.82) is 0 Å². The number of aromatic nitrogens is 16. The van der Waals surface area contributed by atoms with Gasteiger partial charge in [0, 0.05) is 24.3 Å². The summed E-state index contributed by atoms with van der Waals surface area (Å²) in [4.78, 5) is 32.7. The molecule has 4 N–H and O–H groups in total. The predicted molar refractivity (Wildman–Crippen MR) is 159 cm³/mol. The molecule has 408 valence electrons. The van der Waals surface area contributed by atoms with Crippen LogP contribution in [0.3, 0.4) is 0 Å². The van der Waals surface area contributed by atoms with Crippen molar-refractivity contribution in [3.8, 4) is 0 Å². The zero-order chi connectivity index (χ0) is 49.4. The van der Waals surface area contributed by atoms with Crippen LogP contribution < -0.4 is 113 Å². The van der Waals surface area contributed by atoms with Crippen LogP contribution >= 0.6 is 0 Å². The fourth-order valence-corrected chi connectivity index (χ4v) is 4.46. The van der Waals surface area contributed by atoms with E-state index in [0.29, 0.717) is 23.1 Å². The first kappa shape index (κ1) is 79.0. The third kappa shape index (κ3) is 37.4. The molecule has 0 aliphatic heterocycles. The third-order valence-electron chi connectivity index (χ3n) is 6.23. The van der Waals surface area contributed by atoms with Gasteiger partial charge in [0.2, 0.25) is 0 Å². The van der Waals surface area contributed by atoms with Gasteiger partial charge in [-0.15, -0.1) is 60.9 Å². The fraction of sp³-hybridized carbons (Fsp3) is 0.286. The third-order valence-corrected chi connectivity index (χ3v) is 6.23. The van der Waals surface area contributed by atoms with Crippen molar-refractivity contribution in [2.24, 2.45) is 0 Å². The molecule has 0 saturated carbocycles. The maximum absolute atomic E-state index is 8.49. The van der Waals surface area contributed by atoms with Crippen molar-refractivity contribution in [3.05, 3.63) is 95.1 Å². The number of hydrogen-bond donors (Lipinski definition) is 0. The Morgan fingerprint density at radius 2 is 0.443 bits per heavy atom. The molecule has 0 amide bonds. The molecule has 0 fully saturated rings. The van der Waals surface area contributed by atoms with Crippen LogP contribution in [0.25, 0.3) is 23.1 Å². The first-order valence-electron chi connectivity index (χ1n) is 16.1. The average molecular weight is 1460 g/mol. The van der Waals surface area contributed by atoms with E-state index in [9.17, 15) is 0 Å². The molecule has 0 aliphatic carbocycles. The van der Waals surface area contributed by atoms with Crippen LogP contribution in [0, 0.1) is 96.4 Å². The van der Waals surface area contributed by atoms with Crippen LogP contribution in [0.2, 0.25) is 0 Å². The van der Waals surface area contributed by atoms with E-state index in [1.54, 1.807) is 18.1 Å². The van der Waals surface area contributed by atoms with Gasteiger partial charge in [0.25, 0.3) is 23.1 Å². The number of nitrogens with zero attached hydrogens (tertiary/aromatic N) is 16. The van der Waals surface area contributed by atoms with Crippen LogP contribution in [0.1, 0.15) is 45.6 Å². The Hall–Kier alpha value is -2.40. The van der Waals surface area contributed by atoms with Crippen LogP contribution in [0.4, 0.5) is 0 Å². The van der Waals surface area contributed by atoms with E-state index in [1.807, 2.05) is 79.7 Å². The molecule has 34 nitrogen and oxygen atoms in total. The molecule has 0 aliphatic rings. The molecule has 0 atom stereocenters. The zero-order valence-electron chi connectivity index (χ0n) is 36.0. The average Bonchev–Trinajstić information content (AvgIpc) is 3.90. The molecule has 8 aromatic heterocycles. The SMILES string of the molecule is Cc1cc(C)[n+]2[n-]cnc2n1.Cc1cc(C)[n+]2[n-]cnc2n1.Cc1cc(C)[n+]2[n-]cnc2n1.Cc1cc(C)[n+]2[n-]cnc2n1.O.O.[Ag+].[Ag+].[Ag+].[Ag+].[O-][Cl+3]([O-])([O-])[O-].[O-][Cl+3]([O-])([O-])[O-].[O-][Cl+3]([O-])([O-])[O-].[O-][Cl+3]([O-])([O-])[O-]. The summed E-state index contributed by atoms with van der Waals surface area (Å²) in [5.74, 6) is 2.68. The number of aryl methyl sites for hydroxylation is 8. The molecule has 0 aromatic carbocycles.